The normalized spacial score (nSPS) is 13.7. The van der Waals surface area contributed by atoms with Crippen LogP contribution < -0.4 is 14.8 Å². The number of carboxylic acid groups (broad SMARTS) is 1. The SMILES string of the molecule is COc1nc(Nc2nccc(-c3ccc(OC4CCOCC4)c(C#N)c3)n2)ccc1C(=O)O. The van der Waals surface area contributed by atoms with Crippen molar-refractivity contribution in [1.29, 1.82) is 5.26 Å². The number of carbonyl (C=O) groups is 1. The molecule has 2 aromatic heterocycles. The number of nitriles is 1. The van der Waals surface area contributed by atoms with Crippen molar-refractivity contribution in [2.24, 2.45) is 0 Å². The number of pyridine rings is 1. The highest BCUT2D eigenvalue weighted by Crippen LogP contribution is 2.28. The van der Waals surface area contributed by atoms with Crippen LogP contribution in [0.15, 0.2) is 42.6 Å². The molecule has 0 aliphatic carbocycles. The Bertz CT molecular complexity index is 1200. The van der Waals surface area contributed by atoms with Crippen molar-refractivity contribution < 1.29 is 24.1 Å². The summed E-state index contributed by atoms with van der Waals surface area (Å²) in [4.78, 5) is 24.1. The number of rotatable bonds is 7. The third-order valence-electron chi connectivity index (χ3n) is 5.04. The highest BCUT2D eigenvalue weighted by atomic mass is 16.5. The molecule has 1 aromatic carbocycles. The fourth-order valence-corrected chi connectivity index (χ4v) is 3.38. The van der Waals surface area contributed by atoms with Crippen LogP contribution >= 0.6 is 0 Å². The number of hydrogen-bond donors (Lipinski definition) is 2. The zero-order chi connectivity index (χ0) is 23.2. The molecule has 3 heterocycles. The van der Waals surface area contributed by atoms with Crippen molar-refractivity contribution in [2.45, 2.75) is 18.9 Å². The Morgan fingerprint density at radius 1 is 1.21 bits per heavy atom. The predicted molar refractivity (Wildman–Crippen MR) is 118 cm³/mol. The quantitative estimate of drug-likeness (QED) is 0.553. The molecule has 1 fully saturated rings. The Balaban J connectivity index is 1.55. The molecular formula is C23H21N5O5. The molecule has 4 rings (SSSR count). The Morgan fingerprint density at radius 3 is 2.76 bits per heavy atom. The van der Waals surface area contributed by atoms with Crippen LogP contribution in [0.2, 0.25) is 0 Å². The number of nitrogens with zero attached hydrogens (tertiary/aromatic N) is 4. The lowest BCUT2D eigenvalue weighted by atomic mass is 10.1. The van der Waals surface area contributed by atoms with E-state index >= 15 is 0 Å². The molecule has 0 radical (unpaired) electrons. The molecule has 3 aromatic rings. The van der Waals surface area contributed by atoms with E-state index in [2.05, 4.69) is 26.3 Å². The summed E-state index contributed by atoms with van der Waals surface area (Å²) in [6.07, 6.45) is 3.19. The molecule has 10 nitrogen and oxygen atoms in total. The molecule has 2 N–H and O–H groups in total. The van der Waals surface area contributed by atoms with Crippen LogP contribution in [-0.4, -0.2) is 52.5 Å². The number of anilines is 2. The third-order valence-corrected chi connectivity index (χ3v) is 5.04. The van der Waals surface area contributed by atoms with E-state index in [1.807, 2.05) is 6.07 Å². The Hall–Kier alpha value is -4.23. The van der Waals surface area contributed by atoms with Gasteiger partial charge in [0.05, 0.1) is 31.6 Å². The van der Waals surface area contributed by atoms with Gasteiger partial charge in [0, 0.05) is 24.6 Å². The van der Waals surface area contributed by atoms with E-state index in [4.69, 9.17) is 14.2 Å². The van der Waals surface area contributed by atoms with Crippen molar-refractivity contribution >= 4 is 17.7 Å². The number of aromatic carboxylic acids is 1. The average Bonchev–Trinajstić information content (AvgIpc) is 2.85. The van der Waals surface area contributed by atoms with E-state index in [1.165, 1.54) is 19.2 Å². The molecule has 0 spiro atoms. The van der Waals surface area contributed by atoms with Crippen LogP contribution in [0.4, 0.5) is 11.8 Å². The Labute approximate surface area is 189 Å². The number of nitrogens with one attached hydrogen (secondary N) is 1. The highest BCUT2D eigenvalue weighted by molar-refractivity contribution is 5.90. The lowest BCUT2D eigenvalue weighted by Crippen LogP contribution is -2.26. The van der Waals surface area contributed by atoms with Gasteiger partial charge in [0.15, 0.2) is 0 Å². The second kappa shape index (κ2) is 9.93. The standard InChI is InChI=1S/C23H21N5O5/c1-31-21-17(22(29)30)3-5-20(27-21)28-23-25-9-6-18(26-23)14-2-4-19(15(12-14)13-24)33-16-7-10-32-11-8-16/h2-6,9,12,16H,7-8,10-11H2,1H3,(H,29,30)(H,25,26,27,28). The van der Waals surface area contributed by atoms with Gasteiger partial charge in [-0.3, -0.25) is 0 Å². The number of methoxy groups -OCH3 is 1. The van der Waals surface area contributed by atoms with E-state index < -0.39 is 5.97 Å². The maximum absolute atomic E-state index is 11.2. The smallest absolute Gasteiger partial charge is 0.341 e. The van der Waals surface area contributed by atoms with Gasteiger partial charge < -0.3 is 24.6 Å². The molecule has 1 aliphatic rings. The molecule has 168 valence electrons. The largest absolute Gasteiger partial charge is 0.489 e. The van der Waals surface area contributed by atoms with Crippen LogP contribution in [0.25, 0.3) is 11.3 Å². The van der Waals surface area contributed by atoms with Crippen molar-refractivity contribution in [2.75, 3.05) is 25.6 Å². The first kappa shape index (κ1) is 22.0. The number of aromatic nitrogens is 3. The van der Waals surface area contributed by atoms with Crippen molar-refractivity contribution in [3.05, 3.63) is 53.7 Å². The fourth-order valence-electron chi connectivity index (χ4n) is 3.38. The van der Waals surface area contributed by atoms with Gasteiger partial charge in [-0.05, 0) is 36.4 Å². The summed E-state index contributed by atoms with van der Waals surface area (Å²) >= 11 is 0. The molecule has 0 atom stereocenters. The summed E-state index contributed by atoms with van der Waals surface area (Å²) in [5.41, 5.74) is 1.69. The first-order valence-electron chi connectivity index (χ1n) is 10.2. The molecule has 1 saturated heterocycles. The Morgan fingerprint density at radius 2 is 2.03 bits per heavy atom. The summed E-state index contributed by atoms with van der Waals surface area (Å²) in [5.74, 6) is -0.0439. The van der Waals surface area contributed by atoms with Crippen LogP contribution in [0.1, 0.15) is 28.8 Å². The molecule has 0 bridgehead atoms. The van der Waals surface area contributed by atoms with E-state index in [1.54, 1.807) is 24.4 Å². The maximum Gasteiger partial charge on any atom is 0.341 e. The van der Waals surface area contributed by atoms with Crippen LogP contribution in [0.5, 0.6) is 11.6 Å². The second-order valence-electron chi connectivity index (χ2n) is 7.20. The van der Waals surface area contributed by atoms with Gasteiger partial charge in [0.25, 0.3) is 0 Å². The van der Waals surface area contributed by atoms with Gasteiger partial charge in [-0.1, -0.05) is 0 Å². The zero-order valence-corrected chi connectivity index (χ0v) is 17.8. The molecule has 10 heteroatoms. The molecule has 33 heavy (non-hydrogen) atoms. The third kappa shape index (κ3) is 5.16. The van der Waals surface area contributed by atoms with E-state index in [0.717, 1.165) is 18.4 Å². The molecule has 0 saturated carbocycles. The summed E-state index contributed by atoms with van der Waals surface area (Å²) in [5, 5.41) is 21.8. The molecule has 0 unspecified atom stereocenters. The van der Waals surface area contributed by atoms with E-state index in [0.29, 0.717) is 36.0 Å². The average molecular weight is 447 g/mol. The summed E-state index contributed by atoms with van der Waals surface area (Å²) in [6, 6.07) is 12.1. The van der Waals surface area contributed by atoms with Gasteiger partial charge in [0.2, 0.25) is 11.8 Å². The predicted octanol–water partition coefficient (Wildman–Crippen LogP) is 3.42. The summed E-state index contributed by atoms with van der Waals surface area (Å²) < 4.78 is 16.4. The van der Waals surface area contributed by atoms with Gasteiger partial charge in [0.1, 0.15) is 29.3 Å². The van der Waals surface area contributed by atoms with Crippen molar-refractivity contribution in [3.63, 3.8) is 0 Å². The Kier molecular flexibility index (Phi) is 6.61. The monoisotopic (exact) mass is 447 g/mol. The van der Waals surface area contributed by atoms with Crippen LogP contribution in [0, 0.1) is 11.3 Å². The van der Waals surface area contributed by atoms with E-state index in [-0.39, 0.29) is 23.5 Å². The van der Waals surface area contributed by atoms with Gasteiger partial charge in [-0.15, -0.1) is 0 Å². The van der Waals surface area contributed by atoms with Gasteiger partial charge >= 0.3 is 5.97 Å². The molecule has 1 aliphatic heterocycles. The summed E-state index contributed by atoms with van der Waals surface area (Å²) in [6.45, 7) is 1.31. The first-order chi connectivity index (χ1) is 16.1. The van der Waals surface area contributed by atoms with Gasteiger partial charge in [-0.25, -0.2) is 14.8 Å². The lowest BCUT2D eigenvalue weighted by Gasteiger charge is -2.23. The van der Waals surface area contributed by atoms with Gasteiger partial charge in [-0.2, -0.15) is 10.2 Å². The molecule has 0 amide bonds. The fraction of sp³-hybridized carbons (Fsp3) is 0.261. The van der Waals surface area contributed by atoms with Crippen LogP contribution in [0.3, 0.4) is 0 Å². The number of ether oxygens (including phenoxy) is 3. The van der Waals surface area contributed by atoms with Crippen molar-refractivity contribution in [3.8, 4) is 29.0 Å². The minimum absolute atomic E-state index is 0.0255. The van der Waals surface area contributed by atoms with Crippen molar-refractivity contribution in [1.82, 2.24) is 15.0 Å². The number of benzene rings is 1. The van der Waals surface area contributed by atoms with Crippen LogP contribution in [-0.2, 0) is 4.74 Å². The second-order valence-corrected chi connectivity index (χ2v) is 7.20. The first-order valence-corrected chi connectivity index (χ1v) is 10.2. The minimum Gasteiger partial charge on any atom is -0.489 e. The van der Waals surface area contributed by atoms with E-state index in [9.17, 15) is 15.2 Å². The number of hydrogen-bond acceptors (Lipinski definition) is 9. The topological polar surface area (TPSA) is 139 Å². The highest BCUT2D eigenvalue weighted by Gasteiger charge is 2.18. The number of carboxylic acids is 1. The minimum atomic E-state index is -1.14. The maximum atomic E-state index is 11.2. The molecular weight excluding hydrogens is 426 g/mol. The lowest BCUT2D eigenvalue weighted by molar-refractivity contribution is 0.0254. The summed E-state index contributed by atoms with van der Waals surface area (Å²) in [7, 11) is 1.35. The zero-order valence-electron chi connectivity index (χ0n) is 17.8.